The highest BCUT2D eigenvalue weighted by Crippen LogP contribution is 2.48. The van der Waals surface area contributed by atoms with Crippen LogP contribution in [-0.4, -0.2) is 41.4 Å². The molecule has 1 aromatic carbocycles. The van der Waals surface area contributed by atoms with Gasteiger partial charge in [-0.05, 0) is 55.9 Å². The summed E-state index contributed by atoms with van der Waals surface area (Å²) in [6.07, 6.45) is 3.04. The van der Waals surface area contributed by atoms with Gasteiger partial charge in [-0.25, -0.2) is 0 Å². The number of carboxylic acids is 1. The van der Waals surface area contributed by atoms with Gasteiger partial charge in [0.15, 0.2) is 0 Å². The molecule has 0 unspecified atom stereocenters. The summed E-state index contributed by atoms with van der Waals surface area (Å²) in [6.45, 7) is 7.00. The molecule has 1 aromatic rings. The normalized spacial score (nSPS) is 28.0. The van der Waals surface area contributed by atoms with Gasteiger partial charge in [0.1, 0.15) is 0 Å². The molecule has 1 aliphatic heterocycles. The highest BCUT2D eigenvalue weighted by atomic mass is 32.2. The molecule has 120 valence electrons. The zero-order valence-electron chi connectivity index (χ0n) is 13.5. The molecule has 22 heavy (non-hydrogen) atoms. The predicted molar refractivity (Wildman–Crippen MR) is 90.5 cm³/mol. The lowest BCUT2D eigenvalue weighted by atomic mass is 9.81. The molecule has 0 radical (unpaired) electrons. The zero-order chi connectivity index (χ0) is 15.7. The maximum atomic E-state index is 11.7. The van der Waals surface area contributed by atoms with Crippen molar-refractivity contribution in [3.8, 4) is 0 Å². The first-order valence-electron chi connectivity index (χ1n) is 8.17. The zero-order valence-corrected chi connectivity index (χ0v) is 14.3. The van der Waals surface area contributed by atoms with Gasteiger partial charge >= 0.3 is 5.97 Å². The Morgan fingerprint density at radius 1 is 1.41 bits per heavy atom. The van der Waals surface area contributed by atoms with Crippen LogP contribution in [0.15, 0.2) is 23.1 Å². The smallest absolute Gasteiger partial charge is 0.311 e. The lowest BCUT2D eigenvalue weighted by molar-refractivity contribution is -0.149. The lowest BCUT2D eigenvalue weighted by Gasteiger charge is -2.23. The van der Waals surface area contributed by atoms with Crippen LogP contribution in [-0.2, 0) is 4.79 Å². The molecule has 0 bridgehead atoms. The summed E-state index contributed by atoms with van der Waals surface area (Å²) < 4.78 is 0. The number of carboxylic acid groups (broad SMARTS) is 1. The van der Waals surface area contributed by atoms with Gasteiger partial charge in [0.2, 0.25) is 0 Å². The fraction of sp³-hybridized carbons (Fsp3) is 0.611. The highest BCUT2D eigenvalue weighted by Gasteiger charge is 2.54. The Morgan fingerprint density at radius 2 is 2.23 bits per heavy atom. The van der Waals surface area contributed by atoms with E-state index in [9.17, 15) is 9.90 Å². The van der Waals surface area contributed by atoms with Crippen molar-refractivity contribution in [1.29, 1.82) is 0 Å². The van der Waals surface area contributed by atoms with Gasteiger partial charge in [0.25, 0.3) is 0 Å². The summed E-state index contributed by atoms with van der Waals surface area (Å²) in [7, 11) is 0. The quantitative estimate of drug-likeness (QED) is 0.842. The Balaban J connectivity index is 1.53. The Hall–Kier alpha value is -1.00. The third-order valence-electron chi connectivity index (χ3n) is 5.52. The third-order valence-corrected chi connectivity index (χ3v) is 6.50. The number of likely N-dealkylation sites (tertiary alicyclic amines) is 1. The van der Waals surface area contributed by atoms with E-state index in [0.717, 1.165) is 44.6 Å². The van der Waals surface area contributed by atoms with E-state index in [1.807, 2.05) is 11.8 Å². The van der Waals surface area contributed by atoms with Crippen LogP contribution in [0.4, 0.5) is 0 Å². The summed E-state index contributed by atoms with van der Waals surface area (Å²) in [5.74, 6) is 0.834. The first-order chi connectivity index (χ1) is 10.5. The van der Waals surface area contributed by atoms with Gasteiger partial charge < -0.3 is 10.0 Å². The van der Waals surface area contributed by atoms with Crippen LogP contribution in [0.5, 0.6) is 0 Å². The standard InChI is InChI=1S/C18H25NO2S/c1-13-5-6-16(10-14(13)2)22-9-8-19-11-15-4-3-7-18(15,12-19)17(20)21/h5-6,10,15H,3-4,7-9,11-12H2,1-2H3,(H,20,21)/t15-,18+/m0/s1. The lowest BCUT2D eigenvalue weighted by Crippen LogP contribution is -2.36. The summed E-state index contributed by atoms with van der Waals surface area (Å²) >= 11 is 1.88. The fourth-order valence-electron chi connectivity index (χ4n) is 4.01. The van der Waals surface area contributed by atoms with Crippen LogP contribution in [0.3, 0.4) is 0 Å². The van der Waals surface area contributed by atoms with Crippen molar-refractivity contribution in [1.82, 2.24) is 4.90 Å². The number of hydrogen-bond donors (Lipinski definition) is 1. The Labute approximate surface area is 137 Å². The van der Waals surface area contributed by atoms with Crippen LogP contribution < -0.4 is 0 Å². The minimum atomic E-state index is -0.570. The van der Waals surface area contributed by atoms with Crippen molar-refractivity contribution in [2.24, 2.45) is 11.3 Å². The molecular weight excluding hydrogens is 294 g/mol. The summed E-state index contributed by atoms with van der Waals surface area (Å²) in [5.41, 5.74) is 2.23. The number of hydrogen-bond acceptors (Lipinski definition) is 3. The number of carbonyl (C=O) groups is 1. The first-order valence-corrected chi connectivity index (χ1v) is 9.16. The third kappa shape index (κ3) is 2.91. The van der Waals surface area contributed by atoms with Gasteiger partial charge in [-0.1, -0.05) is 12.5 Å². The number of rotatable bonds is 5. The maximum absolute atomic E-state index is 11.7. The minimum Gasteiger partial charge on any atom is -0.481 e. The van der Waals surface area contributed by atoms with Crippen molar-refractivity contribution < 1.29 is 9.90 Å². The molecule has 1 N–H and O–H groups in total. The van der Waals surface area contributed by atoms with Crippen molar-refractivity contribution >= 4 is 17.7 Å². The van der Waals surface area contributed by atoms with E-state index in [1.165, 1.54) is 16.0 Å². The van der Waals surface area contributed by atoms with Gasteiger partial charge in [0, 0.05) is 30.3 Å². The van der Waals surface area contributed by atoms with E-state index in [0.29, 0.717) is 5.92 Å². The number of nitrogens with zero attached hydrogens (tertiary/aromatic N) is 1. The van der Waals surface area contributed by atoms with Crippen molar-refractivity contribution in [3.05, 3.63) is 29.3 Å². The monoisotopic (exact) mass is 319 g/mol. The largest absolute Gasteiger partial charge is 0.481 e. The molecular formula is C18H25NO2S. The molecule has 1 saturated carbocycles. The number of benzene rings is 1. The number of aryl methyl sites for hydroxylation is 2. The molecule has 3 rings (SSSR count). The average molecular weight is 319 g/mol. The van der Waals surface area contributed by atoms with Gasteiger partial charge in [-0.2, -0.15) is 0 Å². The number of thioether (sulfide) groups is 1. The van der Waals surface area contributed by atoms with Crippen LogP contribution in [0, 0.1) is 25.2 Å². The summed E-state index contributed by atoms with van der Waals surface area (Å²) in [5, 5.41) is 9.62. The van der Waals surface area contributed by atoms with Crippen molar-refractivity contribution in [3.63, 3.8) is 0 Å². The average Bonchev–Trinajstić information content (AvgIpc) is 3.00. The van der Waals surface area contributed by atoms with Gasteiger partial charge in [-0.15, -0.1) is 11.8 Å². The molecule has 1 saturated heterocycles. The summed E-state index contributed by atoms with van der Waals surface area (Å²) in [6, 6.07) is 6.61. The molecule has 2 aliphatic rings. The van der Waals surface area contributed by atoms with Gasteiger partial charge in [-0.3, -0.25) is 4.79 Å². The predicted octanol–water partition coefficient (Wildman–Crippen LogP) is 3.58. The minimum absolute atomic E-state index is 0.372. The molecule has 2 fully saturated rings. The molecule has 0 spiro atoms. The molecule has 4 heteroatoms. The van der Waals surface area contributed by atoms with Crippen LogP contribution >= 0.6 is 11.8 Å². The molecule has 1 heterocycles. The van der Waals surface area contributed by atoms with E-state index in [2.05, 4.69) is 36.9 Å². The number of aliphatic carboxylic acids is 1. The molecule has 3 nitrogen and oxygen atoms in total. The van der Waals surface area contributed by atoms with Crippen molar-refractivity contribution in [2.45, 2.75) is 38.0 Å². The van der Waals surface area contributed by atoms with Crippen LogP contribution in [0.1, 0.15) is 30.4 Å². The Bertz CT molecular complexity index is 574. The van der Waals surface area contributed by atoms with E-state index in [4.69, 9.17) is 0 Å². The van der Waals surface area contributed by atoms with E-state index in [-0.39, 0.29) is 0 Å². The van der Waals surface area contributed by atoms with Crippen LogP contribution in [0.2, 0.25) is 0 Å². The second-order valence-corrected chi connectivity index (χ2v) is 8.05. The molecule has 1 aliphatic carbocycles. The van der Waals surface area contributed by atoms with E-state index < -0.39 is 11.4 Å². The van der Waals surface area contributed by atoms with E-state index >= 15 is 0 Å². The fourth-order valence-corrected chi connectivity index (χ4v) is 5.02. The molecule has 0 amide bonds. The highest BCUT2D eigenvalue weighted by molar-refractivity contribution is 7.99. The summed E-state index contributed by atoms with van der Waals surface area (Å²) in [4.78, 5) is 15.4. The van der Waals surface area contributed by atoms with Gasteiger partial charge in [0.05, 0.1) is 5.41 Å². The second-order valence-electron chi connectivity index (χ2n) is 6.88. The molecule has 0 aromatic heterocycles. The van der Waals surface area contributed by atoms with Crippen molar-refractivity contribution in [2.75, 3.05) is 25.4 Å². The number of fused-ring (bicyclic) bond motifs is 1. The van der Waals surface area contributed by atoms with Crippen LogP contribution in [0.25, 0.3) is 0 Å². The van der Waals surface area contributed by atoms with E-state index in [1.54, 1.807) is 0 Å². The topological polar surface area (TPSA) is 40.5 Å². The Kier molecular flexibility index (Phi) is 4.51. The second kappa shape index (κ2) is 6.25. The Morgan fingerprint density at radius 3 is 2.91 bits per heavy atom. The first kappa shape index (κ1) is 15.9. The SMILES string of the molecule is Cc1ccc(SCCN2C[C@@H]3CCC[C@@]3(C(=O)O)C2)cc1C. The molecule has 2 atom stereocenters. The maximum Gasteiger partial charge on any atom is 0.311 e.